The largest absolute Gasteiger partial charge is 0.497 e. The number of ether oxygens (including phenoxy) is 2. The Kier molecular flexibility index (Phi) is 6.27. The molecular weight excluding hydrogens is 462 g/mol. The van der Waals surface area contributed by atoms with Crippen LogP contribution in [0.2, 0.25) is 0 Å². The van der Waals surface area contributed by atoms with Crippen LogP contribution >= 0.6 is 0 Å². The second-order valence-corrected chi connectivity index (χ2v) is 8.11. The van der Waals surface area contributed by atoms with Crippen molar-refractivity contribution in [3.63, 3.8) is 0 Å². The maximum Gasteiger partial charge on any atom is 0.331 e. The number of urea groups is 1. The lowest BCUT2D eigenvalue weighted by Gasteiger charge is -2.25. The molecule has 9 heteroatoms. The average molecular weight is 485 g/mol. The van der Waals surface area contributed by atoms with Gasteiger partial charge < -0.3 is 18.5 Å². The van der Waals surface area contributed by atoms with Gasteiger partial charge in [-0.25, -0.2) is 4.79 Å². The Bertz CT molecular complexity index is 1470. The first-order valence-electron chi connectivity index (χ1n) is 11.3. The number of barbiturate groups is 1. The van der Waals surface area contributed by atoms with Crippen LogP contribution in [0.4, 0.5) is 4.79 Å². The smallest absolute Gasteiger partial charge is 0.331 e. The van der Waals surface area contributed by atoms with E-state index in [4.69, 9.17) is 13.9 Å². The molecule has 36 heavy (non-hydrogen) atoms. The summed E-state index contributed by atoms with van der Waals surface area (Å²) in [7, 11) is 1.60. The van der Waals surface area contributed by atoms with Crippen molar-refractivity contribution < 1.29 is 28.3 Å². The molecule has 1 saturated heterocycles. The van der Waals surface area contributed by atoms with E-state index in [9.17, 15) is 14.4 Å². The van der Waals surface area contributed by atoms with Gasteiger partial charge >= 0.3 is 6.03 Å². The molecule has 0 radical (unpaired) electrons. The van der Waals surface area contributed by atoms with E-state index in [1.165, 1.54) is 12.3 Å². The number of fused-ring (bicyclic) bond motifs is 1. The summed E-state index contributed by atoms with van der Waals surface area (Å²) >= 11 is 0. The van der Waals surface area contributed by atoms with Gasteiger partial charge in [0.25, 0.3) is 11.8 Å². The highest BCUT2D eigenvalue weighted by molar-refractivity contribution is 6.31. The van der Waals surface area contributed by atoms with Gasteiger partial charge in [-0.1, -0.05) is 24.3 Å². The molecule has 182 valence electrons. The quantitative estimate of drug-likeness (QED) is 0.299. The van der Waals surface area contributed by atoms with Crippen molar-refractivity contribution in [2.75, 3.05) is 13.7 Å². The molecule has 5 rings (SSSR count). The van der Waals surface area contributed by atoms with Crippen LogP contribution in [0.15, 0.2) is 83.1 Å². The van der Waals surface area contributed by atoms with Crippen LogP contribution in [0, 0.1) is 0 Å². The summed E-state index contributed by atoms with van der Waals surface area (Å²) in [5.41, 5.74) is 1.47. The number of aromatic nitrogens is 1. The van der Waals surface area contributed by atoms with Crippen LogP contribution in [-0.4, -0.2) is 41.0 Å². The molecule has 0 saturated carbocycles. The zero-order chi connectivity index (χ0) is 25.1. The fraction of sp³-hybridized carbons (Fsp3) is 0.148. The van der Waals surface area contributed by atoms with Crippen LogP contribution in [0.25, 0.3) is 17.0 Å². The number of furan rings is 1. The number of para-hydroxylation sites is 1. The average Bonchev–Trinajstić information content (AvgIpc) is 3.53. The maximum absolute atomic E-state index is 13.1. The van der Waals surface area contributed by atoms with E-state index in [0.717, 1.165) is 15.8 Å². The summed E-state index contributed by atoms with van der Waals surface area (Å²) in [5.74, 6) is 0.416. The second-order valence-electron chi connectivity index (χ2n) is 8.11. The number of carbonyl (C=O) groups is 3. The Morgan fingerprint density at radius 1 is 1.00 bits per heavy atom. The molecule has 0 spiro atoms. The molecule has 4 aromatic rings. The highest BCUT2D eigenvalue weighted by Crippen LogP contribution is 2.26. The van der Waals surface area contributed by atoms with Crippen molar-refractivity contribution in [1.29, 1.82) is 0 Å². The summed E-state index contributed by atoms with van der Waals surface area (Å²) in [6, 6.07) is 17.6. The summed E-state index contributed by atoms with van der Waals surface area (Å²) in [6.07, 6.45) is 4.83. The van der Waals surface area contributed by atoms with E-state index in [-0.39, 0.29) is 12.1 Å². The fourth-order valence-corrected chi connectivity index (χ4v) is 4.08. The molecule has 3 heterocycles. The van der Waals surface area contributed by atoms with Crippen LogP contribution in [0.1, 0.15) is 11.3 Å². The first-order chi connectivity index (χ1) is 17.5. The van der Waals surface area contributed by atoms with Gasteiger partial charge in [-0.3, -0.25) is 19.8 Å². The van der Waals surface area contributed by atoms with Gasteiger partial charge in [0.2, 0.25) is 0 Å². The minimum Gasteiger partial charge on any atom is -0.497 e. The molecule has 1 fully saturated rings. The van der Waals surface area contributed by atoms with Crippen molar-refractivity contribution in [1.82, 2.24) is 14.8 Å². The number of rotatable bonds is 8. The Balaban J connectivity index is 1.40. The number of imide groups is 2. The molecule has 1 N–H and O–H groups in total. The van der Waals surface area contributed by atoms with E-state index >= 15 is 0 Å². The summed E-state index contributed by atoms with van der Waals surface area (Å²) in [6.45, 7) is 0.850. The molecule has 0 aliphatic carbocycles. The van der Waals surface area contributed by atoms with Gasteiger partial charge in [0.05, 0.1) is 26.5 Å². The van der Waals surface area contributed by atoms with E-state index in [1.807, 2.05) is 59.3 Å². The van der Waals surface area contributed by atoms with Crippen molar-refractivity contribution in [2.24, 2.45) is 0 Å². The third kappa shape index (κ3) is 4.58. The predicted octanol–water partition coefficient (Wildman–Crippen LogP) is 3.98. The van der Waals surface area contributed by atoms with Gasteiger partial charge in [0, 0.05) is 28.7 Å². The van der Waals surface area contributed by atoms with E-state index in [0.29, 0.717) is 36.0 Å². The molecule has 9 nitrogen and oxygen atoms in total. The van der Waals surface area contributed by atoms with Gasteiger partial charge in [-0.15, -0.1) is 0 Å². The van der Waals surface area contributed by atoms with Gasteiger partial charge in [-0.2, -0.15) is 0 Å². The number of benzene rings is 2. The number of nitrogens with one attached hydrogen (secondary N) is 1. The van der Waals surface area contributed by atoms with Crippen LogP contribution in [0.5, 0.6) is 11.5 Å². The van der Waals surface area contributed by atoms with Crippen molar-refractivity contribution in [2.45, 2.75) is 13.1 Å². The molecule has 0 bridgehead atoms. The standard InChI is InChI=1S/C27H23N3O6/c1-34-19-6-4-7-20(15-19)36-13-11-29-16-18(22-9-2-3-10-24(22)29)14-23-25(31)28-27(33)30(26(23)32)17-21-8-5-12-35-21/h2-10,12,14-16H,11,13,17H2,1H3,(H,28,31,33)/b23-14-. The lowest BCUT2D eigenvalue weighted by Crippen LogP contribution is -2.53. The van der Waals surface area contributed by atoms with Crippen LogP contribution in [-0.2, 0) is 22.7 Å². The molecule has 0 atom stereocenters. The SMILES string of the molecule is COc1cccc(OCCn2cc(/C=C3/C(=O)NC(=O)N(Cc4ccco4)C3=O)c3ccccc32)c1. The topological polar surface area (TPSA) is 103 Å². The highest BCUT2D eigenvalue weighted by atomic mass is 16.5. The summed E-state index contributed by atoms with van der Waals surface area (Å²) in [4.78, 5) is 38.9. The van der Waals surface area contributed by atoms with Crippen molar-refractivity contribution in [3.05, 3.63) is 90.0 Å². The van der Waals surface area contributed by atoms with Crippen LogP contribution in [0.3, 0.4) is 0 Å². The van der Waals surface area contributed by atoms with Gasteiger partial charge in [0.15, 0.2) is 0 Å². The number of hydrogen-bond acceptors (Lipinski definition) is 6. The molecule has 1 aliphatic heterocycles. The summed E-state index contributed by atoms with van der Waals surface area (Å²) < 4.78 is 18.4. The van der Waals surface area contributed by atoms with Crippen LogP contribution < -0.4 is 14.8 Å². The third-order valence-corrected chi connectivity index (χ3v) is 5.84. The lowest BCUT2D eigenvalue weighted by atomic mass is 10.1. The monoisotopic (exact) mass is 485 g/mol. The molecule has 2 aromatic heterocycles. The zero-order valence-corrected chi connectivity index (χ0v) is 19.5. The Morgan fingerprint density at radius 2 is 1.83 bits per heavy atom. The molecule has 4 amide bonds. The van der Waals surface area contributed by atoms with E-state index < -0.39 is 17.8 Å². The Morgan fingerprint density at radius 3 is 2.64 bits per heavy atom. The molecule has 1 aliphatic rings. The predicted molar refractivity (Wildman–Crippen MR) is 131 cm³/mol. The lowest BCUT2D eigenvalue weighted by molar-refractivity contribution is -0.130. The first kappa shape index (κ1) is 23.0. The van der Waals surface area contributed by atoms with Gasteiger partial charge in [0.1, 0.15) is 29.4 Å². The number of hydrogen-bond donors (Lipinski definition) is 1. The molecular formula is C27H23N3O6. The maximum atomic E-state index is 13.1. The first-order valence-corrected chi connectivity index (χ1v) is 11.3. The van der Waals surface area contributed by atoms with E-state index in [1.54, 1.807) is 19.2 Å². The molecule has 2 aromatic carbocycles. The third-order valence-electron chi connectivity index (χ3n) is 5.84. The number of carbonyl (C=O) groups excluding carboxylic acids is 3. The van der Waals surface area contributed by atoms with Crippen molar-refractivity contribution >= 4 is 34.8 Å². The fourth-order valence-electron chi connectivity index (χ4n) is 4.08. The number of nitrogens with zero attached hydrogens (tertiary/aromatic N) is 2. The zero-order valence-electron chi connectivity index (χ0n) is 19.5. The number of methoxy groups -OCH3 is 1. The number of amides is 4. The highest BCUT2D eigenvalue weighted by Gasteiger charge is 2.36. The normalized spacial score (nSPS) is 15.0. The van der Waals surface area contributed by atoms with Gasteiger partial charge in [-0.05, 0) is 36.4 Å². The minimum absolute atomic E-state index is 0.0777. The molecule has 0 unspecified atom stereocenters. The Hall–Kier alpha value is -4.79. The van der Waals surface area contributed by atoms with Crippen molar-refractivity contribution in [3.8, 4) is 11.5 Å². The second kappa shape index (κ2) is 9.83. The summed E-state index contributed by atoms with van der Waals surface area (Å²) in [5, 5.41) is 3.10. The van der Waals surface area contributed by atoms with E-state index in [2.05, 4.69) is 5.32 Å². The minimum atomic E-state index is -0.782. The Labute approximate surface area is 206 Å².